The molecule has 5 heteroatoms. The zero-order valence-electron chi connectivity index (χ0n) is 12.7. The quantitative estimate of drug-likeness (QED) is 0.732. The molecule has 2 atom stereocenters. The molecule has 1 heterocycles. The molecule has 0 bridgehead atoms. The third kappa shape index (κ3) is 5.09. The number of rotatable bonds is 6. The highest BCUT2D eigenvalue weighted by Crippen LogP contribution is 2.15. The summed E-state index contributed by atoms with van der Waals surface area (Å²) in [4.78, 5) is 16.1. The molecule has 1 aliphatic rings. The third-order valence-electron chi connectivity index (χ3n) is 4.20. The number of hydrogen-bond acceptors (Lipinski definition) is 4. The lowest BCUT2D eigenvalue weighted by atomic mass is 9.96. The average Bonchev–Trinajstić information content (AvgIpc) is 2.50. The Morgan fingerprint density at radius 3 is 2.68 bits per heavy atom. The van der Waals surface area contributed by atoms with Gasteiger partial charge in [0, 0.05) is 12.6 Å². The van der Waals surface area contributed by atoms with Crippen LogP contribution < -0.4 is 11.5 Å². The maximum absolute atomic E-state index is 11.2. The number of likely N-dealkylation sites (N-methyl/N-ethyl adjacent to an activating group) is 1. The second-order valence-corrected chi connectivity index (χ2v) is 6.10. The van der Waals surface area contributed by atoms with Gasteiger partial charge in [-0.25, -0.2) is 0 Å². The predicted molar refractivity (Wildman–Crippen MR) is 78.8 cm³/mol. The van der Waals surface area contributed by atoms with Crippen molar-refractivity contribution in [2.24, 2.45) is 11.5 Å². The molecular formula is C14H30N4O. The molecule has 0 aromatic rings. The Bertz CT molecular complexity index is 293. The van der Waals surface area contributed by atoms with E-state index in [-0.39, 0.29) is 0 Å². The van der Waals surface area contributed by atoms with E-state index < -0.39 is 11.4 Å². The molecule has 5 nitrogen and oxygen atoms in total. The number of primary amides is 1. The van der Waals surface area contributed by atoms with Gasteiger partial charge in [-0.15, -0.1) is 0 Å². The van der Waals surface area contributed by atoms with Crippen LogP contribution in [0, 0.1) is 0 Å². The number of carbonyl (C=O) groups excluding carboxylic acids is 1. The molecule has 4 N–H and O–H groups in total. The molecule has 0 radical (unpaired) electrons. The Hall–Kier alpha value is -0.650. The van der Waals surface area contributed by atoms with Gasteiger partial charge in [-0.05, 0) is 59.3 Å². The summed E-state index contributed by atoms with van der Waals surface area (Å²) in [5, 5.41) is 0. The lowest BCUT2D eigenvalue weighted by molar-refractivity contribution is -0.122. The van der Waals surface area contributed by atoms with E-state index in [4.69, 9.17) is 11.5 Å². The van der Waals surface area contributed by atoms with Crippen molar-refractivity contribution in [2.45, 2.75) is 51.1 Å². The number of amides is 1. The van der Waals surface area contributed by atoms with Gasteiger partial charge in [0.25, 0.3) is 0 Å². The second kappa shape index (κ2) is 7.22. The summed E-state index contributed by atoms with van der Waals surface area (Å²) < 4.78 is 0. The van der Waals surface area contributed by atoms with Gasteiger partial charge in [0.1, 0.15) is 0 Å². The molecule has 1 saturated heterocycles. The van der Waals surface area contributed by atoms with E-state index >= 15 is 0 Å². The van der Waals surface area contributed by atoms with Crippen molar-refractivity contribution in [3.63, 3.8) is 0 Å². The van der Waals surface area contributed by atoms with Crippen molar-refractivity contribution in [3.05, 3.63) is 0 Å². The van der Waals surface area contributed by atoms with Crippen molar-refractivity contribution in [1.29, 1.82) is 0 Å². The molecular weight excluding hydrogens is 240 g/mol. The summed E-state index contributed by atoms with van der Waals surface area (Å²) in [7, 11) is 2.19. The summed E-state index contributed by atoms with van der Waals surface area (Å²) in [5.74, 6) is -0.407. The largest absolute Gasteiger partial charge is 0.368 e. The molecule has 1 rings (SSSR count). The average molecular weight is 270 g/mol. The van der Waals surface area contributed by atoms with Gasteiger partial charge in [0.15, 0.2) is 0 Å². The van der Waals surface area contributed by atoms with E-state index in [1.54, 1.807) is 6.92 Å². The minimum Gasteiger partial charge on any atom is -0.368 e. The van der Waals surface area contributed by atoms with Crippen LogP contribution in [0.25, 0.3) is 0 Å². The summed E-state index contributed by atoms with van der Waals surface area (Å²) in [5.41, 5.74) is 10.3. The molecule has 1 amide bonds. The van der Waals surface area contributed by atoms with Crippen LogP contribution in [0.2, 0.25) is 0 Å². The van der Waals surface area contributed by atoms with Gasteiger partial charge in [-0.1, -0.05) is 6.92 Å². The van der Waals surface area contributed by atoms with Gasteiger partial charge < -0.3 is 16.4 Å². The second-order valence-electron chi connectivity index (χ2n) is 6.10. The zero-order valence-corrected chi connectivity index (χ0v) is 12.7. The fourth-order valence-electron chi connectivity index (χ4n) is 2.75. The van der Waals surface area contributed by atoms with Gasteiger partial charge in [-0.3, -0.25) is 9.69 Å². The first-order valence-corrected chi connectivity index (χ1v) is 7.38. The van der Waals surface area contributed by atoms with Crippen molar-refractivity contribution in [2.75, 3.05) is 33.2 Å². The van der Waals surface area contributed by atoms with Crippen LogP contribution in [0.5, 0.6) is 0 Å². The highest BCUT2D eigenvalue weighted by Gasteiger charge is 2.26. The Balaban J connectivity index is 2.44. The van der Waals surface area contributed by atoms with E-state index in [2.05, 4.69) is 23.8 Å². The van der Waals surface area contributed by atoms with Crippen molar-refractivity contribution in [3.8, 4) is 0 Å². The van der Waals surface area contributed by atoms with Gasteiger partial charge in [-0.2, -0.15) is 0 Å². The minimum absolute atomic E-state index is 0.407. The summed E-state index contributed by atoms with van der Waals surface area (Å²) >= 11 is 0. The van der Waals surface area contributed by atoms with Crippen LogP contribution in [0.3, 0.4) is 0 Å². The summed E-state index contributed by atoms with van der Waals surface area (Å²) in [6.45, 7) is 8.42. The van der Waals surface area contributed by atoms with Gasteiger partial charge in [0.05, 0.1) is 5.54 Å². The monoisotopic (exact) mass is 270 g/mol. The standard InChI is InChI=1S/C14H30N4O/c1-4-12-11-17(3)8-6-10-18(12)9-5-7-14(2,16)13(15)19/h12H,4-11,16H2,1-3H3,(H2,15,19). The van der Waals surface area contributed by atoms with E-state index in [1.807, 2.05) is 0 Å². The number of carbonyl (C=O) groups is 1. The highest BCUT2D eigenvalue weighted by molar-refractivity contribution is 5.83. The highest BCUT2D eigenvalue weighted by atomic mass is 16.1. The predicted octanol–water partition coefficient (Wildman–Crippen LogP) is 0.385. The molecule has 1 aliphatic heterocycles. The fourth-order valence-corrected chi connectivity index (χ4v) is 2.75. The molecule has 2 unspecified atom stereocenters. The van der Waals surface area contributed by atoms with Gasteiger partial charge in [0.2, 0.25) is 5.91 Å². The third-order valence-corrected chi connectivity index (χ3v) is 4.20. The molecule has 0 aromatic heterocycles. The number of nitrogens with two attached hydrogens (primary N) is 2. The van der Waals surface area contributed by atoms with E-state index in [0.29, 0.717) is 12.5 Å². The van der Waals surface area contributed by atoms with Crippen LogP contribution in [0.4, 0.5) is 0 Å². The molecule has 0 aliphatic carbocycles. The maximum Gasteiger partial charge on any atom is 0.237 e. The first-order valence-electron chi connectivity index (χ1n) is 7.38. The van der Waals surface area contributed by atoms with E-state index in [9.17, 15) is 4.79 Å². The first-order chi connectivity index (χ1) is 8.86. The molecule has 0 spiro atoms. The van der Waals surface area contributed by atoms with Crippen molar-refractivity contribution in [1.82, 2.24) is 9.80 Å². The number of nitrogens with zero attached hydrogens (tertiary/aromatic N) is 2. The van der Waals surface area contributed by atoms with Crippen LogP contribution >= 0.6 is 0 Å². The van der Waals surface area contributed by atoms with Crippen LogP contribution in [0.1, 0.15) is 39.5 Å². The van der Waals surface area contributed by atoms with E-state index in [0.717, 1.165) is 26.1 Å². The topological polar surface area (TPSA) is 75.6 Å². The Morgan fingerprint density at radius 2 is 2.11 bits per heavy atom. The Kier molecular flexibility index (Phi) is 6.23. The van der Waals surface area contributed by atoms with Gasteiger partial charge >= 0.3 is 0 Å². The zero-order chi connectivity index (χ0) is 14.5. The SMILES string of the molecule is CCC1CN(C)CCCN1CCCC(C)(N)C(N)=O. The van der Waals surface area contributed by atoms with Crippen molar-refractivity contribution < 1.29 is 4.79 Å². The minimum atomic E-state index is -0.871. The lowest BCUT2D eigenvalue weighted by Crippen LogP contribution is -2.50. The van der Waals surface area contributed by atoms with Crippen molar-refractivity contribution >= 4 is 5.91 Å². The molecule has 19 heavy (non-hydrogen) atoms. The smallest absolute Gasteiger partial charge is 0.237 e. The normalized spacial score (nSPS) is 25.8. The molecule has 1 fully saturated rings. The lowest BCUT2D eigenvalue weighted by Gasteiger charge is -2.31. The first kappa shape index (κ1) is 16.4. The Morgan fingerprint density at radius 1 is 1.42 bits per heavy atom. The molecule has 0 aromatic carbocycles. The van der Waals surface area contributed by atoms with E-state index in [1.165, 1.54) is 19.4 Å². The van der Waals surface area contributed by atoms with Crippen LogP contribution in [-0.4, -0.2) is 60.5 Å². The summed E-state index contributed by atoms with van der Waals surface area (Å²) in [6.07, 6.45) is 3.96. The molecule has 112 valence electrons. The molecule has 0 saturated carbocycles. The van der Waals surface area contributed by atoms with Crippen LogP contribution in [-0.2, 0) is 4.79 Å². The number of hydrogen-bond donors (Lipinski definition) is 2. The summed E-state index contributed by atoms with van der Waals surface area (Å²) in [6, 6.07) is 0.616. The Labute approximate surface area is 117 Å². The maximum atomic E-state index is 11.2. The fraction of sp³-hybridized carbons (Fsp3) is 0.929. The van der Waals surface area contributed by atoms with Crippen LogP contribution in [0.15, 0.2) is 0 Å².